The van der Waals surface area contributed by atoms with Crippen LogP contribution < -0.4 is 0 Å². The van der Waals surface area contributed by atoms with Crippen LogP contribution in [0.2, 0.25) is 5.04 Å². The zero-order valence-corrected chi connectivity index (χ0v) is 17.0. The molecule has 0 aliphatic heterocycles. The minimum Gasteiger partial charge on any atom is -0.373 e. The Labute approximate surface area is 140 Å². The molecule has 3 nitrogen and oxygen atoms in total. The van der Waals surface area contributed by atoms with E-state index in [9.17, 15) is 0 Å². The summed E-state index contributed by atoms with van der Waals surface area (Å²) in [5, 5.41) is 0.0161. The van der Waals surface area contributed by atoms with Crippen LogP contribution in [0.3, 0.4) is 0 Å². The van der Waals surface area contributed by atoms with E-state index < -0.39 is 8.80 Å². The highest BCUT2D eigenvalue weighted by Crippen LogP contribution is 2.46. The SMILES string of the molecule is CCCCO[Si](OCCCC)(OCCCC)C(C)(CC)CC. The molecule has 0 saturated heterocycles. The zero-order chi connectivity index (χ0) is 16.9. The van der Waals surface area contributed by atoms with E-state index in [0.29, 0.717) is 0 Å². The molecule has 0 aromatic carbocycles. The van der Waals surface area contributed by atoms with Gasteiger partial charge in [-0.2, -0.15) is 0 Å². The van der Waals surface area contributed by atoms with E-state index in [-0.39, 0.29) is 5.04 Å². The molecule has 0 heterocycles. The molecule has 0 N–H and O–H groups in total. The van der Waals surface area contributed by atoms with Gasteiger partial charge in [0.2, 0.25) is 0 Å². The summed E-state index contributed by atoms with van der Waals surface area (Å²) in [6.07, 6.45) is 8.74. The van der Waals surface area contributed by atoms with Crippen molar-refractivity contribution >= 4 is 8.80 Å². The highest BCUT2D eigenvalue weighted by atomic mass is 28.4. The first kappa shape index (κ1) is 22.1. The van der Waals surface area contributed by atoms with Crippen LogP contribution in [0.15, 0.2) is 0 Å². The Bertz CT molecular complexity index is 228. The third-order valence-electron chi connectivity index (χ3n) is 4.67. The fraction of sp³-hybridized carbons (Fsp3) is 1.00. The van der Waals surface area contributed by atoms with Crippen molar-refractivity contribution in [2.75, 3.05) is 19.8 Å². The Hall–Kier alpha value is 0.0969. The van der Waals surface area contributed by atoms with E-state index in [1.54, 1.807) is 0 Å². The molecule has 0 aromatic heterocycles. The average Bonchev–Trinajstić information content (AvgIpc) is 2.54. The molecule has 0 spiro atoms. The quantitative estimate of drug-likeness (QED) is 0.274. The molecular weight excluding hydrogens is 292 g/mol. The predicted molar refractivity (Wildman–Crippen MR) is 97.3 cm³/mol. The van der Waals surface area contributed by atoms with Crippen molar-refractivity contribution in [2.24, 2.45) is 0 Å². The van der Waals surface area contributed by atoms with Crippen LogP contribution in [0.4, 0.5) is 0 Å². The summed E-state index contributed by atoms with van der Waals surface area (Å²) in [5.41, 5.74) is 0. The van der Waals surface area contributed by atoms with E-state index in [1.165, 1.54) is 0 Å². The van der Waals surface area contributed by atoms with Crippen molar-refractivity contribution in [3.05, 3.63) is 0 Å². The molecule has 0 amide bonds. The Morgan fingerprint density at radius 3 is 1.18 bits per heavy atom. The Morgan fingerprint density at radius 2 is 0.955 bits per heavy atom. The summed E-state index contributed by atoms with van der Waals surface area (Å²) in [5.74, 6) is 0. The first-order chi connectivity index (χ1) is 10.6. The van der Waals surface area contributed by atoms with Gasteiger partial charge >= 0.3 is 8.80 Å². The van der Waals surface area contributed by atoms with Crippen molar-refractivity contribution in [2.45, 2.75) is 97.9 Å². The van der Waals surface area contributed by atoms with Crippen molar-refractivity contribution in [1.82, 2.24) is 0 Å². The maximum absolute atomic E-state index is 6.40. The van der Waals surface area contributed by atoms with E-state index in [2.05, 4.69) is 41.5 Å². The van der Waals surface area contributed by atoms with Gasteiger partial charge in [-0.25, -0.2) is 0 Å². The summed E-state index contributed by atoms with van der Waals surface area (Å²) in [6, 6.07) is 0. The van der Waals surface area contributed by atoms with Crippen LogP contribution in [-0.2, 0) is 13.3 Å². The number of hydrogen-bond donors (Lipinski definition) is 0. The minimum absolute atomic E-state index is 0.0161. The first-order valence-electron chi connectivity index (χ1n) is 9.47. The number of rotatable bonds is 15. The number of unbranched alkanes of at least 4 members (excludes halogenated alkanes) is 3. The number of hydrogen-bond acceptors (Lipinski definition) is 3. The fourth-order valence-electron chi connectivity index (χ4n) is 2.38. The molecule has 0 rings (SSSR count). The molecule has 22 heavy (non-hydrogen) atoms. The molecule has 0 aliphatic rings. The second kappa shape index (κ2) is 12.5. The van der Waals surface area contributed by atoms with Gasteiger partial charge in [0.15, 0.2) is 0 Å². The van der Waals surface area contributed by atoms with E-state index in [1.807, 2.05) is 0 Å². The maximum Gasteiger partial charge on any atom is 0.507 e. The van der Waals surface area contributed by atoms with Crippen LogP contribution in [0.25, 0.3) is 0 Å². The van der Waals surface area contributed by atoms with Gasteiger partial charge in [0.25, 0.3) is 0 Å². The topological polar surface area (TPSA) is 27.7 Å². The largest absolute Gasteiger partial charge is 0.507 e. The lowest BCUT2D eigenvalue weighted by Crippen LogP contribution is -2.55. The second-order valence-corrected chi connectivity index (χ2v) is 9.62. The van der Waals surface area contributed by atoms with Gasteiger partial charge < -0.3 is 13.3 Å². The Balaban J connectivity index is 5.17. The van der Waals surface area contributed by atoms with Gasteiger partial charge in [0.1, 0.15) is 0 Å². The second-order valence-electron chi connectivity index (χ2n) is 6.43. The molecule has 0 aromatic rings. The zero-order valence-electron chi connectivity index (χ0n) is 16.0. The molecule has 4 heteroatoms. The third kappa shape index (κ3) is 6.69. The van der Waals surface area contributed by atoms with E-state index >= 15 is 0 Å². The van der Waals surface area contributed by atoms with Crippen molar-refractivity contribution in [1.29, 1.82) is 0 Å². The van der Waals surface area contributed by atoms with Crippen LogP contribution >= 0.6 is 0 Å². The van der Waals surface area contributed by atoms with Crippen molar-refractivity contribution in [3.63, 3.8) is 0 Å². The molecule has 0 unspecified atom stereocenters. The van der Waals surface area contributed by atoms with Gasteiger partial charge in [0, 0.05) is 24.9 Å². The Morgan fingerprint density at radius 1 is 0.636 bits per heavy atom. The van der Waals surface area contributed by atoms with Crippen molar-refractivity contribution < 1.29 is 13.3 Å². The smallest absolute Gasteiger partial charge is 0.373 e. The van der Waals surface area contributed by atoms with Crippen LogP contribution in [0.5, 0.6) is 0 Å². The molecular formula is C18H40O3Si. The monoisotopic (exact) mass is 332 g/mol. The molecule has 0 aliphatic carbocycles. The first-order valence-corrected chi connectivity index (χ1v) is 11.2. The molecule has 0 radical (unpaired) electrons. The lowest BCUT2D eigenvalue weighted by atomic mass is 10.1. The van der Waals surface area contributed by atoms with Crippen LogP contribution in [0.1, 0.15) is 92.9 Å². The summed E-state index contributed by atoms with van der Waals surface area (Å²) in [7, 11) is -2.66. The highest BCUT2D eigenvalue weighted by molar-refractivity contribution is 6.64. The van der Waals surface area contributed by atoms with E-state index in [4.69, 9.17) is 13.3 Å². The molecule has 0 fully saturated rings. The van der Waals surface area contributed by atoms with Crippen LogP contribution in [-0.4, -0.2) is 28.6 Å². The highest BCUT2D eigenvalue weighted by Gasteiger charge is 2.56. The standard InChI is InChI=1S/C18H40O3Si/c1-7-12-15-19-22(20-16-13-8-2,21-17-14-9-3)18(6,10-4)11-5/h7-17H2,1-6H3. The Kier molecular flexibility index (Phi) is 12.6. The van der Waals surface area contributed by atoms with Gasteiger partial charge in [0.05, 0.1) is 0 Å². The molecule has 0 atom stereocenters. The predicted octanol–water partition coefficient (Wildman–Crippen LogP) is 5.96. The summed E-state index contributed by atoms with van der Waals surface area (Å²) >= 11 is 0. The van der Waals surface area contributed by atoms with Crippen LogP contribution in [0, 0.1) is 0 Å². The van der Waals surface area contributed by atoms with Crippen molar-refractivity contribution in [3.8, 4) is 0 Å². The summed E-state index contributed by atoms with van der Waals surface area (Å²) in [6.45, 7) is 15.6. The lowest BCUT2D eigenvalue weighted by molar-refractivity contribution is 0.0304. The molecule has 0 bridgehead atoms. The van der Waals surface area contributed by atoms with Gasteiger partial charge in [-0.15, -0.1) is 0 Å². The molecule has 134 valence electrons. The summed E-state index contributed by atoms with van der Waals surface area (Å²) < 4.78 is 19.2. The average molecular weight is 333 g/mol. The summed E-state index contributed by atoms with van der Waals surface area (Å²) in [4.78, 5) is 0. The molecule has 0 saturated carbocycles. The fourth-order valence-corrected chi connectivity index (χ4v) is 5.78. The van der Waals surface area contributed by atoms with E-state index in [0.717, 1.165) is 71.2 Å². The normalized spacial score (nSPS) is 12.8. The van der Waals surface area contributed by atoms with Gasteiger partial charge in [-0.3, -0.25) is 0 Å². The van der Waals surface area contributed by atoms with Gasteiger partial charge in [-0.05, 0) is 32.1 Å². The third-order valence-corrected chi connectivity index (χ3v) is 8.61. The lowest BCUT2D eigenvalue weighted by Gasteiger charge is -2.43. The van der Waals surface area contributed by atoms with Gasteiger partial charge in [-0.1, -0.05) is 60.8 Å². The maximum atomic E-state index is 6.40. The minimum atomic E-state index is -2.66.